The Morgan fingerprint density at radius 1 is 1.19 bits per heavy atom. The molecule has 0 heterocycles. The third-order valence-electron chi connectivity index (χ3n) is 1.77. The lowest BCUT2D eigenvalue weighted by molar-refractivity contribution is -0.143. The van der Waals surface area contributed by atoms with Crippen LogP contribution in [0.3, 0.4) is 0 Å². The van der Waals surface area contributed by atoms with Gasteiger partial charge < -0.3 is 20.3 Å². The topological polar surface area (TPSA) is 121 Å². The summed E-state index contributed by atoms with van der Waals surface area (Å²) in [5.41, 5.74) is 0. The molecule has 90 valence electrons. The third-order valence-corrected chi connectivity index (χ3v) is 1.77. The number of aliphatic carboxylic acids is 2. The molecule has 0 aliphatic carbocycles. The molecule has 7 nitrogen and oxygen atoms in total. The van der Waals surface area contributed by atoms with Crippen LogP contribution in [0.4, 0.5) is 0 Å². The van der Waals surface area contributed by atoms with Crippen molar-refractivity contribution >= 4 is 24.1 Å². The molecule has 0 unspecified atom stereocenters. The quantitative estimate of drug-likeness (QED) is 0.479. The van der Waals surface area contributed by atoms with Crippen molar-refractivity contribution in [2.45, 2.75) is 31.7 Å². The third kappa shape index (κ3) is 6.52. The number of hydrogen-bond acceptors (Lipinski definition) is 4. The summed E-state index contributed by atoms with van der Waals surface area (Å²) >= 11 is 0. The van der Waals surface area contributed by atoms with Crippen molar-refractivity contribution in [3.05, 3.63) is 0 Å². The zero-order valence-electron chi connectivity index (χ0n) is 8.51. The average molecular weight is 231 g/mol. The molecule has 16 heavy (non-hydrogen) atoms. The zero-order valence-corrected chi connectivity index (χ0v) is 8.51. The van der Waals surface area contributed by atoms with E-state index in [-0.39, 0.29) is 25.7 Å². The highest BCUT2D eigenvalue weighted by molar-refractivity contribution is 5.84. The number of carboxylic acid groups (broad SMARTS) is 2. The Kier molecular flexibility index (Phi) is 6.50. The molecule has 0 aliphatic heterocycles. The fraction of sp³-hybridized carbons (Fsp3) is 0.556. The first kappa shape index (κ1) is 14.1. The van der Waals surface area contributed by atoms with Gasteiger partial charge in [-0.15, -0.1) is 0 Å². The summed E-state index contributed by atoms with van der Waals surface area (Å²) in [6.07, 6.45) is -0.0630. The summed E-state index contributed by atoms with van der Waals surface area (Å²) in [6, 6.07) is -1.23. The first-order valence-electron chi connectivity index (χ1n) is 4.65. The number of nitrogens with one attached hydrogen (secondary N) is 1. The molecule has 0 aliphatic rings. The fourth-order valence-electron chi connectivity index (χ4n) is 0.982. The molecule has 0 aromatic carbocycles. The monoisotopic (exact) mass is 231 g/mol. The van der Waals surface area contributed by atoms with Crippen LogP contribution in [-0.2, 0) is 19.2 Å². The van der Waals surface area contributed by atoms with Gasteiger partial charge in [0.1, 0.15) is 12.3 Å². The van der Waals surface area contributed by atoms with Crippen LogP contribution in [0.1, 0.15) is 25.7 Å². The zero-order chi connectivity index (χ0) is 12.6. The molecular weight excluding hydrogens is 218 g/mol. The molecule has 0 spiro atoms. The van der Waals surface area contributed by atoms with Gasteiger partial charge in [0.2, 0.25) is 5.91 Å². The van der Waals surface area contributed by atoms with Crippen molar-refractivity contribution in [3.63, 3.8) is 0 Å². The second-order valence-electron chi connectivity index (χ2n) is 3.10. The molecule has 0 saturated heterocycles. The van der Waals surface area contributed by atoms with E-state index in [1.54, 1.807) is 0 Å². The van der Waals surface area contributed by atoms with Crippen molar-refractivity contribution in [1.82, 2.24) is 5.32 Å². The molecule has 0 radical (unpaired) electrons. The number of amides is 1. The summed E-state index contributed by atoms with van der Waals surface area (Å²) in [4.78, 5) is 41.9. The Balaban J connectivity index is 4.11. The van der Waals surface area contributed by atoms with E-state index in [1.807, 2.05) is 0 Å². The van der Waals surface area contributed by atoms with E-state index >= 15 is 0 Å². The van der Waals surface area contributed by atoms with E-state index in [4.69, 9.17) is 10.2 Å². The lowest BCUT2D eigenvalue weighted by Crippen LogP contribution is -2.41. The first-order valence-corrected chi connectivity index (χ1v) is 4.65. The molecule has 1 amide bonds. The number of rotatable bonds is 8. The maximum Gasteiger partial charge on any atom is 0.326 e. The van der Waals surface area contributed by atoms with Crippen LogP contribution in [0.2, 0.25) is 0 Å². The Hall–Kier alpha value is -1.92. The summed E-state index contributed by atoms with van der Waals surface area (Å²) in [5.74, 6) is -3.00. The van der Waals surface area contributed by atoms with E-state index in [0.717, 1.165) is 0 Å². The Morgan fingerprint density at radius 2 is 1.81 bits per heavy atom. The molecule has 0 saturated carbocycles. The minimum Gasteiger partial charge on any atom is -0.481 e. The number of carbonyl (C=O) groups is 4. The van der Waals surface area contributed by atoms with Crippen LogP contribution >= 0.6 is 0 Å². The highest BCUT2D eigenvalue weighted by Crippen LogP contribution is 1.99. The van der Waals surface area contributed by atoms with Crippen LogP contribution in [0.25, 0.3) is 0 Å². The van der Waals surface area contributed by atoms with Gasteiger partial charge >= 0.3 is 11.9 Å². The van der Waals surface area contributed by atoms with Crippen LogP contribution in [0, 0.1) is 0 Å². The maximum atomic E-state index is 11.1. The predicted octanol–water partition coefficient (Wildman–Crippen LogP) is -0.600. The Labute approximate surface area is 91.4 Å². The van der Waals surface area contributed by atoms with Crippen LogP contribution in [0.5, 0.6) is 0 Å². The number of hydrogen-bond donors (Lipinski definition) is 3. The molecule has 1 atom stereocenters. The average Bonchev–Trinajstić information content (AvgIpc) is 2.20. The summed E-state index contributed by atoms with van der Waals surface area (Å²) in [6.45, 7) is 0. The van der Waals surface area contributed by atoms with Crippen molar-refractivity contribution in [1.29, 1.82) is 0 Å². The lowest BCUT2D eigenvalue weighted by atomic mass is 10.1. The largest absolute Gasteiger partial charge is 0.481 e. The van der Waals surface area contributed by atoms with Gasteiger partial charge in [-0.05, 0) is 6.42 Å². The van der Waals surface area contributed by atoms with E-state index in [0.29, 0.717) is 6.29 Å². The fourth-order valence-corrected chi connectivity index (χ4v) is 0.982. The second kappa shape index (κ2) is 7.38. The lowest BCUT2D eigenvalue weighted by Gasteiger charge is -2.12. The molecule has 7 heteroatoms. The van der Waals surface area contributed by atoms with Gasteiger partial charge in [-0.3, -0.25) is 9.59 Å². The molecular formula is C9H13NO6. The van der Waals surface area contributed by atoms with E-state index < -0.39 is 23.9 Å². The van der Waals surface area contributed by atoms with Gasteiger partial charge in [0.25, 0.3) is 0 Å². The van der Waals surface area contributed by atoms with Crippen molar-refractivity contribution < 1.29 is 29.4 Å². The van der Waals surface area contributed by atoms with Gasteiger partial charge in [-0.2, -0.15) is 0 Å². The Morgan fingerprint density at radius 3 is 2.25 bits per heavy atom. The van der Waals surface area contributed by atoms with Crippen molar-refractivity contribution in [2.75, 3.05) is 0 Å². The minimum absolute atomic E-state index is 0.0110. The van der Waals surface area contributed by atoms with E-state index in [2.05, 4.69) is 5.32 Å². The standard InChI is InChI=1S/C9H13NO6/c11-5-1-2-7(12)10-6(9(15)16)3-4-8(13)14/h5-6H,1-4H2,(H,10,12)(H,13,14)(H,15,16)/t6-/m1/s1. The number of aldehydes is 1. The Bertz CT molecular complexity index is 288. The molecule has 0 bridgehead atoms. The predicted molar refractivity (Wildman–Crippen MR) is 51.7 cm³/mol. The van der Waals surface area contributed by atoms with Crippen LogP contribution < -0.4 is 5.32 Å². The number of carboxylic acids is 2. The van der Waals surface area contributed by atoms with Gasteiger partial charge in [-0.1, -0.05) is 0 Å². The van der Waals surface area contributed by atoms with Gasteiger partial charge in [-0.25, -0.2) is 4.79 Å². The summed E-state index contributed by atoms with van der Waals surface area (Å²) in [7, 11) is 0. The maximum absolute atomic E-state index is 11.1. The van der Waals surface area contributed by atoms with Gasteiger partial charge in [0, 0.05) is 19.3 Å². The molecule has 3 N–H and O–H groups in total. The SMILES string of the molecule is O=CCCC(=O)N[C@H](CCC(=O)O)C(=O)O. The smallest absolute Gasteiger partial charge is 0.326 e. The molecule has 0 rings (SSSR count). The molecule has 0 aromatic rings. The minimum atomic E-state index is -1.29. The number of carbonyl (C=O) groups excluding carboxylic acids is 2. The van der Waals surface area contributed by atoms with E-state index in [9.17, 15) is 19.2 Å². The first-order chi connectivity index (χ1) is 7.47. The van der Waals surface area contributed by atoms with Crippen molar-refractivity contribution in [3.8, 4) is 0 Å². The highest BCUT2D eigenvalue weighted by Gasteiger charge is 2.20. The normalized spacial score (nSPS) is 11.5. The van der Waals surface area contributed by atoms with Crippen LogP contribution in [0.15, 0.2) is 0 Å². The summed E-state index contributed by atoms with van der Waals surface area (Å²) < 4.78 is 0. The van der Waals surface area contributed by atoms with Crippen LogP contribution in [-0.4, -0.2) is 40.4 Å². The molecule has 0 aromatic heterocycles. The highest BCUT2D eigenvalue weighted by atomic mass is 16.4. The van der Waals surface area contributed by atoms with Crippen molar-refractivity contribution in [2.24, 2.45) is 0 Å². The second-order valence-corrected chi connectivity index (χ2v) is 3.10. The van der Waals surface area contributed by atoms with E-state index in [1.165, 1.54) is 0 Å². The molecule has 0 fully saturated rings. The van der Waals surface area contributed by atoms with Gasteiger partial charge in [0.15, 0.2) is 0 Å². The summed E-state index contributed by atoms with van der Waals surface area (Å²) in [5, 5.41) is 19.2. The van der Waals surface area contributed by atoms with Gasteiger partial charge in [0.05, 0.1) is 0 Å².